The van der Waals surface area contributed by atoms with Crippen molar-refractivity contribution in [1.29, 1.82) is 0 Å². The first kappa shape index (κ1) is 23.7. The molecule has 0 saturated carbocycles. The molecule has 1 aromatic carbocycles. The van der Waals surface area contributed by atoms with Crippen molar-refractivity contribution in [1.82, 2.24) is 10.2 Å². The van der Waals surface area contributed by atoms with Crippen LogP contribution in [0.1, 0.15) is 16.7 Å². The molecule has 0 bridgehead atoms. The lowest BCUT2D eigenvalue weighted by Crippen LogP contribution is -2.49. The number of nitrogens with zero attached hydrogens (tertiary/aromatic N) is 1. The van der Waals surface area contributed by atoms with Crippen molar-refractivity contribution >= 4 is 19.1 Å². The normalized spacial score (nSPS) is 12.2. The number of nitrogens with one attached hydrogen (secondary N) is 1. The topological polar surface area (TPSA) is 99.1 Å². The molecule has 0 aliphatic rings. The van der Waals surface area contributed by atoms with Crippen molar-refractivity contribution in [2.45, 2.75) is 32.7 Å². The van der Waals surface area contributed by atoms with Gasteiger partial charge in [0.15, 0.2) is 0 Å². The van der Waals surface area contributed by atoms with Crippen LogP contribution in [0.2, 0.25) is 0 Å². The number of carbonyl (C=O) groups excluding carboxylic acids is 2. The van der Waals surface area contributed by atoms with Gasteiger partial charge in [-0.2, -0.15) is 13.2 Å². The maximum Gasteiger partial charge on any atom is 0.635 e. The molecule has 1 rings (SSSR count). The van der Waals surface area contributed by atoms with Gasteiger partial charge in [0, 0.05) is 6.42 Å². The first-order valence-electron chi connectivity index (χ1n) is 8.26. The Hall–Kier alpha value is -2.37. The van der Waals surface area contributed by atoms with Crippen LogP contribution >= 0.6 is 0 Å². The van der Waals surface area contributed by atoms with E-state index in [0.717, 1.165) is 16.7 Å². The van der Waals surface area contributed by atoms with Crippen molar-refractivity contribution in [3.8, 4) is 0 Å². The van der Waals surface area contributed by atoms with Gasteiger partial charge >= 0.3 is 13.5 Å². The minimum atomic E-state index is -4.70. The third-order valence-corrected chi connectivity index (χ3v) is 3.70. The Morgan fingerprint density at radius 2 is 2.00 bits per heavy atom. The molecular weight excluding hydrogens is 380 g/mol. The van der Waals surface area contributed by atoms with E-state index in [1.54, 1.807) is 6.07 Å². The van der Waals surface area contributed by atoms with E-state index in [0.29, 0.717) is 6.08 Å². The maximum atomic E-state index is 12.6. The summed E-state index contributed by atoms with van der Waals surface area (Å²) in [5.74, 6) is -2.03. The molecule has 0 aliphatic heterocycles. The predicted octanol–water partition coefficient (Wildman–Crippen LogP) is 0.851. The Morgan fingerprint density at radius 3 is 2.50 bits per heavy atom. The smallest absolute Gasteiger partial charge is 0.402 e. The van der Waals surface area contributed by atoms with Crippen LogP contribution < -0.4 is 5.32 Å². The van der Waals surface area contributed by atoms with E-state index >= 15 is 0 Å². The number of aryl methyl sites for hydroxylation is 2. The van der Waals surface area contributed by atoms with Gasteiger partial charge in [-0.1, -0.05) is 30.3 Å². The van der Waals surface area contributed by atoms with E-state index < -0.39 is 44.6 Å². The molecular formula is C17H22BF3N2O5. The average Bonchev–Trinajstić information content (AvgIpc) is 2.54. The third kappa shape index (κ3) is 8.55. The largest absolute Gasteiger partial charge is 0.635 e. The van der Waals surface area contributed by atoms with E-state index in [2.05, 4.69) is 11.9 Å². The first-order chi connectivity index (χ1) is 12.9. The number of carbonyl (C=O) groups is 2. The van der Waals surface area contributed by atoms with Crippen molar-refractivity contribution in [2.75, 3.05) is 13.1 Å². The lowest BCUT2D eigenvalue weighted by molar-refractivity contribution is -0.160. The molecule has 28 heavy (non-hydrogen) atoms. The van der Waals surface area contributed by atoms with E-state index in [1.807, 2.05) is 26.0 Å². The Bertz CT molecular complexity index is 713. The van der Waals surface area contributed by atoms with Gasteiger partial charge in [0.05, 0.1) is 0 Å². The van der Waals surface area contributed by atoms with Gasteiger partial charge in [-0.15, -0.1) is 0 Å². The highest BCUT2D eigenvalue weighted by molar-refractivity contribution is 6.32. The van der Waals surface area contributed by atoms with Crippen molar-refractivity contribution in [3.63, 3.8) is 0 Å². The van der Waals surface area contributed by atoms with Gasteiger partial charge in [-0.25, -0.2) is 0 Å². The summed E-state index contributed by atoms with van der Waals surface area (Å²) in [4.78, 5) is 24.0. The van der Waals surface area contributed by atoms with Crippen molar-refractivity contribution in [3.05, 3.63) is 47.5 Å². The number of alkyl halides is 3. The molecule has 0 saturated heterocycles. The second kappa shape index (κ2) is 10.3. The zero-order valence-electron chi connectivity index (χ0n) is 15.5. The number of halogens is 3. The summed E-state index contributed by atoms with van der Waals surface area (Å²) in [6.07, 6.45) is -5.24. The Balaban J connectivity index is 2.87. The molecule has 0 spiro atoms. The zero-order valence-corrected chi connectivity index (χ0v) is 15.5. The first-order valence-corrected chi connectivity index (χ1v) is 8.26. The minimum Gasteiger partial charge on any atom is -0.402 e. The van der Waals surface area contributed by atoms with Crippen LogP contribution in [0.4, 0.5) is 13.2 Å². The van der Waals surface area contributed by atoms with Crippen LogP contribution in [0.5, 0.6) is 0 Å². The molecule has 7 nitrogen and oxygen atoms in total. The van der Waals surface area contributed by atoms with Gasteiger partial charge < -0.3 is 24.9 Å². The fourth-order valence-electron chi connectivity index (χ4n) is 2.51. The van der Waals surface area contributed by atoms with Crippen molar-refractivity contribution in [2.24, 2.45) is 0 Å². The van der Waals surface area contributed by atoms with Crippen LogP contribution in [0.3, 0.4) is 0 Å². The summed E-state index contributed by atoms with van der Waals surface area (Å²) in [6, 6.07) is 5.44. The van der Waals surface area contributed by atoms with Gasteiger partial charge in [-0.05, 0) is 31.1 Å². The van der Waals surface area contributed by atoms with Crippen LogP contribution in [0.25, 0.3) is 0 Å². The molecule has 0 unspecified atom stereocenters. The van der Waals surface area contributed by atoms with Crippen LogP contribution in [0.15, 0.2) is 30.9 Å². The average molecular weight is 402 g/mol. The molecule has 1 aromatic rings. The monoisotopic (exact) mass is 402 g/mol. The summed E-state index contributed by atoms with van der Waals surface area (Å²) >= 11 is 0. The molecule has 0 heterocycles. The summed E-state index contributed by atoms with van der Waals surface area (Å²) in [5, 5.41) is 20.3. The Kier molecular flexibility index (Phi) is 8.67. The van der Waals surface area contributed by atoms with Gasteiger partial charge in [0.25, 0.3) is 0 Å². The second-order valence-corrected chi connectivity index (χ2v) is 6.17. The highest BCUT2D eigenvalue weighted by Crippen LogP contribution is 2.17. The molecule has 0 radical (unpaired) electrons. The number of benzene rings is 1. The quantitative estimate of drug-likeness (QED) is 0.323. The van der Waals surface area contributed by atoms with Crippen LogP contribution in [-0.2, 0) is 20.7 Å². The molecule has 0 fully saturated rings. The van der Waals surface area contributed by atoms with E-state index in [-0.39, 0.29) is 11.3 Å². The molecule has 2 amide bonds. The molecule has 3 N–H and O–H groups in total. The lowest BCUT2D eigenvalue weighted by Gasteiger charge is -2.25. The summed E-state index contributed by atoms with van der Waals surface area (Å²) < 4.78 is 42.6. The maximum absolute atomic E-state index is 12.6. The molecule has 154 valence electrons. The van der Waals surface area contributed by atoms with Crippen molar-refractivity contribution < 1.29 is 37.5 Å². The minimum absolute atomic E-state index is 0.0319. The van der Waals surface area contributed by atoms with E-state index in [4.69, 9.17) is 14.7 Å². The fraction of sp³-hybridized carbons (Fsp3) is 0.412. The van der Waals surface area contributed by atoms with Crippen LogP contribution in [0, 0.1) is 13.8 Å². The van der Waals surface area contributed by atoms with E-state index in [9.17, 15) is 22.8 Å². The van der Waals surface area contributed by atoms with E-state index in [1.165, 1.54) is 0 Å². The highest BCUT2D eigenvalue weighted by atomic mass is 19.4. The zero-order chi connectivity index (χ0) is 21.5. The van der Waals surface area contributed by atoms with Gasteiger partial charge in [-0.3, -0.25) is 9.59 Å². The van der Waals surface area contributed by atoms with Gasteiger partial charge in [0.1, 0.15) is 19.3 Å². The molecule has 11 heteroatoms. The SMILES string of the molecule is C=CC(=O)N(CC(=O)N[C@@H](Cc1ccc(C)cc1C)OB(O)O)CC(F)(F)F. The second-order valence-electron chi connectivity index (χ2n) is 6.17. The predicted molar refractivity (Wildman–Crippen MR) is 95.7 cm³/mol. The molecule has 0 aliphatic carbocycles. The highest BCUT2D eigenvalue weighted by Gasteiger charge is 2.33. The van der Waals surface area contributed by atoms with Gasteiger partial charge in [0.2, 0.25) is 11.8 Å². The standard InChI is InChI=1S/C17H22BF3N2O5/c1-4-16(25)23(10-17(19,20)21)9-14(24)22-15(28-18(26)27)8-13-6-5-11(2)7-12(13)3/h4-7,15,26-27H,1,8-10H2,2-3H3,(H,22,24)/t15-/m1/s1. The van der Waals surface area contributed by atoms with Crippen LogP contribution in [-0.4, -0.2) is 59.6 Å². The summed E-state index contributed by atoms with van der Waals surface area (Å²) in [5.41, 5.74) is 2.58. The third-order valence-electron chi connectivity index (χ3n) is 3.70. The number of rotatable bonds is 9. The number of hydrogen-bond acceptors (Lipinski definition) is 5. The Morgan fingerprint density at radius 1 is 1.36 bits per heavy atom. The summed E-state index contributed by atoms with van der Waals surface area (Å²) in [6.45, 7) is 4.27. The Labute approximate surface area is 161 Å². The number of hydrogen-bond donors (Lipinski definition) is 3. The number of amides is 2. The molecule has 1 atom stereocenters. The fourth-order valence-corrected chi connectivity index (χ4v) is 2.51. The lowest BCUT2D eigenvalue weighted by atomic mass is 10.0. The summed E-state index contributed by atoms with van der Waals surface area (Å²) in [7, 11) is -2.21. The molecule has 0 aromatic heterocycles.